The monoisotopic (exact) mass is 280 g/mol. The van der Waals surface area contributed by atoms with Gasteiger partial charge >= 0.3 is 0 Å². The normalized spacial score (nSPS) is 12.7. The lowest BCUT2D eigenvalue weighted by Crippen LogP contribution is -2.22. The van der Waals surface area contributed by atoms with E-state index in [4.69, 9.17) is 0 Å². The molecule has 3 rings (SSSR count). The SMILES string of the molecule is CCNC(Cc1cccc(C)c1)c1cnn2ccncc12. The summed E-state index contributed by atoms with van der Waals surface area (Å²) in [6.07, 6.45) is 8.41. The van der Waals surface area contributed by atoms with Gasteiger partial charge in [0.2, 0.25) is 0 Å². The van der Waals surface area contributed by atoms with E-state index in [2.05, 4.69) is 53.5 Å². The van der Waals surface area contributed by atoms with Crippen LogP contribution >= 0.6 is 0 Å². The molecule has 1 atom stereocenters. The van der Waals surface area contributed by atoms with Crippen LogP contribution in [0.15, 0.2) is 49.1 Å². The van der Waals surface area contributed by atoms with Crippen molar-refractivity contribution in [2.75, 3.05) is 6.54 Å². The minimum Gasteiger partial charge on any atom is -0.310 e. The second-order valence-electron chi connectivity index (χ2n) is 5.31. The van der Waals surface area contributed by atoms with Crippen LogP contribution in [0.5, 0.6) is 0 Å². The van der Waals surface area contributed by atoms with Crippen molar-refractivity contribution in [1.29, 1.82) is 0 Å². The van der Waals surface area contributed by atoms with Crippen LogP contribution in [0, 0.1) is 6.92 Å². The van der Waals surface area contributed by atoms with Crippen molar-refractivity contribution in [3.05, 3.63) is 65.7 Å². The number of nitrogens with one attached hydrogen (secondary N) is 1. The Morgan fingerprint density at radius 2 is 2.19 bits per heavy atom. The van der Waals surface area contributed by atoms with Crippen molar-refractivity contribution in [1.82, 2.24) is 19.9 Å². The molecule has 0 saturated heterocycles. The molecule has 21 heavy (non-hydrogen) atoms. The fourth-order valence-electron chi connectivity index (χ4n) is 2.73. The van der Waals surface area contributed by atoms with Gasteiger partial charge < -0.3 is 5.32 Å². The first-order chi connectivity index (χ1) is 10.3. The Kier molecular flexibility index (Phi) is 3.97. The Morgan fingerprint density at radius 1 is 1.29 bits per heavy atom. The van der Waals surface area contributed by atoms with Gasteiger partial charge in [0, 0.05) is 24.0 Å². The summed E-state index contributed by atoms with van der Waals surface area (Å²) in [5.41, 5.74) is 4.90. The molecule has 0 fully saturated rings. The van der Waals surface area contributed by atoms with Gasteiger partial charge in [-0.05, 0) is 25.5 Å². The van der Waals surface area contributed by atoms with Gasteiger partial charge in [-0.2, -0.15) is 5.10 Å². The second-order valence-corrected chi connectivity index (χ2v) is 5.31. The summed E-state index contributed by atoms with van der Waals surface area (Å²) in [5.74, 6) is 0. The molecule has 2 heterocycles. The lowest BCUT2D eigenvalue weighted by atomic mass is 9.99. The molecule has 4 nitrogen and oxygen atoms in total. The summed E-state index contributed by atoms with van der Waals surface area (Å²) >= 11 is 0. The maximum absolute atomic E-state index is 4.42. The molecule has 108 valence electrons. The molecule has 1 aromatic carbocycles. The average molecular weight is 280 g/mol. The van der Waals surface area contributed by atoms with Crippen LogP contribution in [-0.4, -0.2) is 21.1 Å². The number of likely N-dealkylation sites (N-methyl/N-ethyl adjacent to an activating group) is 1. The first-order valence-electron chi connectivity index (χ1n) is 7.34. The number of benzene rings is 1. The van der Waals surface area contributed by atoms with E-state index in [1.807, 2.05) is 23.1 Å². The van der Waals surface area contributed by atoms with Crippen molar-refractivity contribution in [3.63, 3.8) is 0 Å². The Balaban J connectivity index is 1.94. The molecule has 2 aromatic heterocycles. The number of fused-ring (bicyclic) bond motifs is 1. The number of rotatable bonds is 5. The van der Waals surface area contributed by atoms with Crippen LogP contribution in [0.4, 0.5) is 0 Å². The highest BCUT2D eigenvalue weighted by Gasteiger charge is 2.16. The van der Waals surface area contributed by atoms with Gasteiger partial charge in [-0.25, -0.2) is 4.52 Å². The van der Waals surface area contributed by atoms with E-state index in [1.54, 1.807) is 6.20 Å². The maximum Gasteiger partial charge on any atom is 0.0892 e. The molecule has 0 radical (unpaired) electrons. The molecule has 0 amide bonds. The third kappa shape index (κ3) is 2.95. The highest BCUT2D eigenvalue weighted by atomic mass is 15.2. The first kappa shape index (κ1) is 13.8. The van der Waals surface area contributed by atoms with Gasteiger partial charge in [0.15, 0.2) is 0 Å². The van der Waals surface area contributed by atoms with Crippen molar-refractivity contribution < 1.29 is 0 Å². The standard InChI is InChI=1S/C17H20N4/c1-3-19-16(10-14-6-4-5-13(2)9-14)15-11-20-21-8-7-18-12-17(15)21/h4-9,11-12,16,19H,3,10H2,1-2H3. The Labute approximate surface area is 124 Å². The summed E-state index contributed by atoms with van der Waals surface area (Å²) in [7, 11) is 0. The molecule has 3 aromatic rings. The smallest absolute Gasteiger partial charge is 0.0892 e. The first-order valence-corrected chi connectivity index (χ1v) is 7.34. The van der Waals surface area contributed by atoms with E-state index in [0.717, 1.165) is 18.5 Å². The molecule has 1 N–H and O–H groups in total. The van der Waals surface area contributed by atoms with Gasteiger partial charge in [-0.15, -0.1) is 0 Å². The second kappa shape index (κ2) is 6.06. The van der Waals surface area contributed by atoms with Crippen LogP contribution in [0.2, 0.25) is 0 Å². The highest BCUT2D eigenvalue weighted by Crippen LogP contribution is 2.22. The predicted molar refractivity (Wildman–Crippen MR) is 84.3 cm³/mol. The minimum atomic E-state index is 0.249. The molecule has 0 spiro atoms. The summed E-state index contributed by atoms with van der Waals surface area (Å²) in [6, 6.07) is 8.92. The molecule has 0 bridgehead atoms. The quantitative estimate of drug-likeness (QED) is 0.781. The molecule has 1 unspecified atom stereocenters. The Morgan fingerprint density at radius 3 is 3.00 bits per heavy atom. The van der Waals surface area contributed by atoms with E-state index in [1.165, 1.54) is 16.7 Å². The highest BCUT2D eigenvalue weighted by molar-refractivity contribution is 5.53. The van der Waals surface area contributed by atoms with E-state index < -0.39 is 0 Å². The number of aryl methyl sites for hydroxylation is 1. The van der Waals surface area contributed by atoms with Crippen LogP contribution < -0.4 is 5.32 Å². The third-order valence-corrected chi connectivity index (χ3v) is 3.70. The van der Waals surface area contributed by atoms with Crippen LogP contribution in [0.1, 0.15) is 29.7 Å². The van der Waals surface area contributed by atoms with E-state index in [9.17, 15) is 0 Å². The van der Waals surface area contributed by atoms with Crippen LogP contribution in [0.25, 0.3) is 5.52 Å². The fraction of sp³-hybridized carbons (Fsp3) is 0.294. The van der Waals surface area contributed by atoms with Gasteiger partial charge in [0.1, 0.15) is 0 Å². The number of aromatic nitrogens is 3. The lowest BCUT2D eigenvalue weighted by Gasteiger charge is -2.17. The predicted octanol–water partition coefficient (Wildman–Crippen LogP) is 2.93. The van der Waals surface area contributed by atoms with Crippen LogP contribution in [-0.2, 0) is 6.42 Å². The molecular weight excluding hydrogens is 260 g/mol. The number of hydrogen-bond acceptors (Lipinski definition) is 3. The zero-order valence-corrected chi connectivity index (χ0v) is 12.5. The molecule has 0 aliphatic rings. The van der Waals surface area contributed by atoms with Crippen molar-refractivity contribution >= 4 is 5.52 Å². The molecular formula is C17H20N4. The van der Waals surface area contributed by atoms with Gasteiger partial charge in [-0.1, -0.05) is 36.8 Å². The zero-order valence-electron chi connectivity index (χ0n) is 12.5. The zero-order chi connectivity index (χ0) is 14.7. The van der Waals surface area contributed by atoms with E-state index >= 15 is 0 Å². The lowest BCUT2D eigenvalue weighted by molar-refractivity contribution is 0.553. The maximum atomic E-state index is 4.42. The van der Waals surface area contributed by atoms with E-state index in [-0.39, 0.29) is 6.04 Å². The van der Waals surface area contributed by atoms with E-state index in [0.29, 0.717) is 0 Å². The largest absolute Gasteiger partial charge is 0.310 e. The average Bonchev–Trinajstić information content (AvgIpc) is 2.91. The number of hydrogen-bond donors (Lipinski definition) is 1. The van der Waals surface area contributed by atoms with Gasteiger partial charge in [0.05, 0.1) is 17.9 Å². The van der Waals surface area contributed by atoms with Crippen molar-refractivity contribution in [3.8, 4) is 0 Å². The third-order valence-electron chi connectivity index (χ3n) is 3.70. The number of nitrogens with zero attached hydrogens (tertiary/aromatic N) is 3. The van der Waals surface area contributed by atoms with Gasteiger partial charge in [-0.3, -0.25) is 4.98 Å². The molecule has 4 heteroatoms. The van der Waals surface area contributed by atoms with Crippen molar-refractivity contribution in [2.45, 2.75) is 26.3 Å². The molecule has 0 aliphatic heterocycles. The Hall–Kier alpha value is -2.20. The minimum absolute atomic E-state index is 0.249. The molecule has 0 saturated carbocycles. The van der Waals surface area contributed by atoms with Gasteiger partial charge in [0.25, 0.3) is 0 Å². The summed E-state index contributed by atoms with van der Waals surface area (Å²) in [6.45, 7) is 5.19. The summed E-state index contributed by atoms with van der Waals surface area (Å²) < 4.78 is 1.88. The topological polar surface area (TPSA) is 42.2 Å². The van der Waals surface area contributed by atoms with Crippen molar-refractivity contribution in [2.24, 2.45) is 0 Å². The fourth-order valence-corrected chi connectivity index (χ4v) is 2.73. The Bertz CT molecular complexity index is 732. The summed E-state index contributed by atoms with van der Waals surface area (Å²) in [4.78, 5) is 4.22. The molecule has 0 aliphatic carbocycles. The summed E-state index contributed by atoms with van der Waals surface area (Å²) in [5, 5.41) is 7.98. The van der Waals surface area contributed by atoms with Crippen LogP contribution in [0.3, 0.4) is 0 Å².